The lowest BCUT2D eigenvalue weighted by Gasteiger charge is -2.11. The fraction of sp³-hybridized carbons (Fsp3) is 0.188. The van der Waals surface area contributed by atoms with Gasteiger partial charge in [0.05, 0.1) is 12.7 Å². The Bertz CT molecular complexity index is 670. The van der Waals surface area contributed by atoms with Gasteiger partial charge >= 0.3 is 12.2 Å². The Labute approximate surface area is 131 Å². The van der Waals surface area contributed by atoms with Crippen LogP contribution >= 0.6 is 0 Å². The number of nitrogens with one attached hydrogen (secondary N) is 2. The molecule has 0 spiro atoms. The van der Waals surface area contributed by atoms with E-state index in [2.05, 4.69) is 10.6 Å². The van der Waals surface area contributed by atoms with Gasteiger partial charge in [-0.25, -0.2) is 4.79 Å². The van der Waals surface area contributed by atoms with Gasteiger partial charge in [0.2, 0.25) is 0 Å². The Balaban J connectivity index is 1.92. The van der Waals surface area contributed by atoms with Crippen LogP contribution in [0.2, 0.25) is 0 Å². The maximum Gasteiger partial charge on any atom is 0.416 e. The molecule has 0 unspecified atom stereocenters. The number of ether oxygens (including phenoxy) is 1. The van der Waals surface area contributed by atoms with Gasteiger partial charge in [-0.2, -0.15) is 13.2 Å². The first-order valence-corrected chi connectivity index (χ1v) is 6.74. The van der Waals surface area contributed by atoms with E-state index in [1.165, 1.54) is 19.2 Å². The highest BCUT2D eigenvalue weighted by molar-refractivity contribution is 5.89. The van der Waals surface area contributed by atoms with Crippen LogP contribution < -0.4 is 15.4 Å². The van der Waals surface area contributed by atoms with Gasteiger partial charge < -0.3 is 15.4 Å². The van der Waals surface area contributed by atoms with Gasteiger partial charge in [-0.05, 0) is 30.3 Å². The summed E-state index contributed by atoms with van der Waals surface area (Å²) in [4.78, 5) is 11.8. The molecule has 23 heavy (non-hydrogen) atoms. The lowest BCUT2D eigenvalue weighted by Crippen LogP contribution is -2.28. The monoisotopic (exact) mass is 324 g/mol. The predicted octanol–water partition coefficient (Wildman–Crippen LogP) is 4.04. The van der Waals surface area contributed by atoms with Crippen LogP contribution in [0.5, 0.6) is 5.75 Å². The number of amides is 2. The van der Waals surface area contributed by atoms with Crippen molar-refractivity contribution in [2.24, 2.45) is 0 Å². The van der Waals surface area contributed by atoms with Crippen LogP contribution in [0.4, 0.5) is 23.7 Å². The Morgan fingerprint density at radius 2 is 1.74 bits per heavy atom. The number of hydrogen-bond acceptors (Lipinski definition) is 2. The van der Waals surface area contributed by atoms with Crippen LogP contribution in [0, 0.1) is 0 Å². The van der Waals surface area contributed by atoms with Crippen LogP contribution in [0.1, 0.15) is 11.1 Å². The maximum atomic E-state index is 12.5. The van der Waals surface area contributed by atoms with Gasteiger partial charge in [0, 0.05) is 17.8 Å². The van der Waals surface area contributed by atoms with E-state index in [1.807, 2.05) is 12.1 Å². The van der Waals surface area contributed by atoms with Crippen molar-refractivity contribution in [1.29, 1.82) is 0 Å². The molecule has 0 fully saturated rings. The molecule has 2 aromatic carbocycles. The van der Waals surface area contributed by atoms with Crippen LogP contribution in [-0.2, 0) is 12.7 Å². The van der Waals surface area contributed by atoms with Crippen LogP contribution in [0.15, 0.2) is 48.5 Å². The average Bonchev–Trinajstić information content (AvgIpc) is 2.53. The number of carbonyl (C=O) groups excluding carboxylic acids is 1. The topological polar surface area (TPSA) is 50.4 Å². The van der Waals surface area contributed by atoms with Crippen LogP contribution in [0.3, 0.4) is 0 Å². The first kappa shape index (κ1) is 16.7. The molecule has 122 valence electrons. The van der Waals surface area contributed by atoms with Crippen molar-refractivity contribution in [3.05, 3.63) is 59.7 Å². The van der Waals surface area contributed by atoms with Gasteiger partial charge in [0.1, 0.15) is 5.75 Å². The molecule has 0 aliphatic carbocycles. The summed E-state index contributed by atoms with van der Waals surface area (Å²) in [6.45, 7) is 0.233. The van der Waals surface area contributed by atoms with Crippen molar-refractivity contribution in [2.75, 3.05) is 12.4 Å². The fourth-order valence-corrected chi connectivity index (χ4v) is 1.94. The summed E-state index contributed by atoms with van der Waals surface area (Å²) in [5, 5.41) is 5.08. The van der Waals surface area contributed by atoms with E-state index >= 15 is 0 Å². The molecule has 0 aliphatic heterocycles. The van der Waals surface area contributed by atoms with Gasteiger partial charge in [0.25, 0.3) is 0 Å². The minimum atomic E-state index is -4.40. The van der Waals surface area contributed by atoms with Crippen molar-refractivity contribution < 1.29 is 22.7 Å². The standard InChI is InChI=1S/C16H15F3N2O2/c1-23-14-5-3-2-4-11(14)10-20-15(22)21-13-8-6-12(7-9-13)16(17,18)19/h2-9H,10H2,1H3,(H2,20,21,22). The second-order valence-electron chi connectivity index (χ2n) is 4.69. The number of hydrogen-bond donors (Lipinski definition) is 2. The number of anilines is 1. The number of benzene rings is 2. The second kappa shape index (κ2) is 7.04. The molecule has 4 nitrogen and oxygen atoms in total. The molecule has 0 radical (unpaired) electrons. The minimum absolute atomic E-state index is 0.233. The average molecular weight is 324 g/mol. The molecular formula is C16H15F3N2O2. The van der Waals surface area contributed by atoms with E-state index in [0.717, 1.165) is 17.7 Å². The van der Waals surface area contributed by atoms with Crippen LogP contribution in [0.25, 0.3) is 0 Å². The number of carbonyl (C=O) groups is 1. The van der Waals surface area contributed by atoms with Gasteiger partial charge in [0.15, 0.2) is 0 Å². The Hall–Kier alpha value is -2.70. The number of methoxy groups -OCH3 is 1. The molecule has 0 heterocycles. The highest BCUT2D eigenvalue weighted by Crippen LogP contribution is 2.29. The SMILES string of the molecule is COc1ccccc1CNC(=O)Nc1ccc(C(F)(F)F)cc1. The van der Waals surface area contributed by atoms with E-state index in [9.17, 15) is 18.0 Å². The normalized spacial score (nSPS) is 11.0. The number of rotatable bonds is 4. The van der Waals surface area contributed by atoms with E-state index in [0.29, 0.717) is 5.75 Å². The predicted molar refractivity (Wildman–Crippen MR) is 80.3 cm³/mol. The van der Waals surface area contributed by atoms with Gasteiger partial charge in [-0.1, -0.05) is 18.2 Å². The first-order valence-electron chi connectivity index (χ1n) is 6.74. The number of alkyl halides is 3. The summed E-state index contributed by atoms with van der Waals surface area (Å²) in [6.07, 6.45) is -4.40. The highest BCUT2D eigenvalue weighted by atomic mass is 19.4. The zero-order valence-electron chi connectivity index (χ0n) is 12.3. The Morgan fingerprint density at radius 1 is 1.09 bits per heavy atom. The molecule has 7 heteroatoms. The van der Waals surface area contributed by atoms with Crippen LogP contribution in [-0.4, -0.2) is 13.1 Å². The third-order valence-electron chi connectivity index (χ3n) is 3.10. The van der Waals surface area contributed by atoms with Crippen molar-refractivity contribution in [1.82, 2.24) is 5.32 Å². The molecule has 0 saturated heterocycles. The van der Waals surface area contributed by atoms with Crippen molar-refractivity contribution in [3.63, 3.8) is 0 Å². The summed E-state index contributed by atoms with van der Waals surface area (Å²) < 4.78 is 42.5. The maximum absolute atomic E-state index is 12.5. The lowest BCUT2D eigenvalue weighted by molar-refractivity contribution is -0.137. The molecule has 2 N–H and O–H groups in total. The van der Waals surface area contributed by atoms with E-state index < -0.39 is 17.8 Å². The first-order chi connectivity index (χ1) is 10.9. The third kappa shape index (κ3) is 4.64. The summed E-state index contributed by atoms with van der Waals surface area (Å²) >= 11 is 0. The molecule has 0 aliphatic rings. The number of para-hydroxylation sites is 1. The summed E-state index contributed by atoms with van der Waals surface area (Å²) in [5.74, 6) is 0.641. The second-order valence-corrected chi connectivity index (χ2v) is 4.69. The molecular weight excluding hydrogens is 309 g/mol. The Kier molecular flexibility index (Phi) is 5.10. The van der Waals surface area contributed by atoms with Crippen molar-refractivity contribution >= 4 is 11.7 Å². The van der Waals surface area contributed by atoms with E-state index in [4.69, 9.17) is 4.74 Å². The summed E-state index contributed by atoms with van der Waals surface area (Å²) in [5.41, 5.74) is 0.297. The van der Waals surface area contributed by atoms with E-state index in [-0.39, 0.29) is 12.2 Å². The quantitative estimate of drug-likeness (QED) is 0.892. The fourth-order valence-electron chi connectivity index (χ4n) is 1.94. The Morgan fingerprint density at radius 3 is 2.35 bits per heavy atom. The molecule has 0 saturated carbocycles. The molecule has 0 aromatic heterocycles. The number of urea groups is 1. The third-order valence-corrected chi connectivity index (χ3v) is 3.10. The van der Waals surface area contributed by atoms with Crippen molar-refractivity contribution in [3.8, 4) is 5.75 Å². The zero-order chi connectivity index (χ0) is 16.9. The van der Waals surface area contributed by atoms with Crippen molar-refractivity contribution in [2.45, 2.75) is 12.7 Å². The molecule has 2 amide bonds. The van der Waals surface area contributed by atoms with E-state index in [1.54, 1.807) is 12.1 Å². The molecule has 0 atom stereocenters. The molecule has 0 bridgehead atoms. The highest BCUT2D eigenvalue weighted by Gasteiger charge is 2.29. The molecule has 2 rings (SSSR count). The minimum Gasteiger partial charge on any atom is -0.496 e. The molecule has 2 aromatic rings. The summed E-state index contributed by atoms with van der Waals surface area (Å²) in [7, 11) is 1.53. The smallest absolute Gasteiger partial charge is 0.416 e. The lowest BCUT2D eigenvalue weighted by atomic mass is 10.2. The van der Waals surface area contributed by atoms with Gasteiger partial charge in [-0.15, -0.1) is 0 Å². The zero-order valence-corrected chi connectivity index (χ0v) is 12.3. The summed E-state index contributed by atoms with van der Waals surface area (Å²) in [6, 6.07) is 10.9. The number of halogens is 3. The largest absolute Gasteiger partial charge is 0.496 e. The van der Waals surface area contributed by atoms with Gasteiger partial charge in [-0.3, -0.25) is 0 Å².